The third-order valence-corrected chi connectivity index (χ3v) is 9.26. The number of rotatable bonds is 9. The maximum absolute atomic E-state index is 13.5. The van der Waals surface area contributed by atoms with Crippen LogP contribution < -0.4 is 5.43 Å². The molecule has 6 aromatic carbocycles. The number of amides is 1. The molecule has 0 radical (unpaired) electrons. The molecule has 0 bridgehead atoms. The number of nitrogens with one attached hydrogen (secondary N) is 1. The van der Waals surface area contributed by atoms with Gasteiger partial charge in [0, 0.05) is 27.5 Å². The molecule has 0 fully saturated rings. The van der Waals surface area contributed by atoms with E-state index in [1.807, 2.05) is 121 Å². The van der Waals surface area contributed by atoms with Gasteiger partial charge in [0.15, 0.2) is 0 Å². The van der Waals surface area contributed by atoms with E-state index in [-0.39, 0.29) is 5.91 Å². The minimum Gasteiger partial charge on any atom is -0.309 e. The van der Waals surface area contributed by atoms with Gasteiger partial charge in [0.1, 0.15) is 0 Å². The van der Waals surface area contributed by atoms with Gasteiger partial charge in [-0.3, -0.25) is 4.79 Å². The monoisotopic (exact) mass is 692 g/mol. The van der Waals surface area contributed by atoms with E-state index >= 15 is 0 Å². The number of hydrazone groups is 1. The van der Waals surface area contributed by atoms with Crippen molar-refractivity contribution in [1.29, 1.82) is 0 Å². The van der Waals surface area contributed by atoms with Crippen LogP contribution in [-0.4, -0.2) is 21.3 Å². The Kier molecular flexibility index (Phi) is 9.16. The molecule has 1 amide bonds. The summed E-state index contributed by atoms with van der Waals surface area (Å²) in [6, 6.07) is 62.8. The smallest absolute Gasteiger partial charge is 0.271 e. The number of carbonyl (C=O) groups is 1. The highest BCUT2D eigenvalue weighted by atomic mass is 35.5. The lowest BCUT2D eigenvalue weighted by molar-refractivity contribution is 0.0955. The Morgan fingerprint density at radius 3 is 1.46 bits per heavy atom. The fraction of sp³-hybridized carbons (Fsp3) is 0. The molecular weight excluding hydrogens is 660 g/mol. The highest BCUT2D eigenvalue weighted by Gasteiger charge is 2.19. The minimum atomic E-state index is -0.302. The van der Waals surface area contributed by atoms with Crippen LogP contribution in [0.15, 0.2) is 193 Å². The van der Waals surface area contributed by atoms with E-state index in [9.17, 15) is 4.79 Å². The van der Waals surface area contributed by atoms with E-state index in [2.05, 4.69) is 86.4 Å². The van der Waals surface area contributed by atoms with Crippen LogP contribution in [0.1, 0.15) is 15.9 Å². The Labute approximate surface area is 307 Å². The Hall–Kier alpha value is -6.69. The average Bonchev–Trinajstić information content (AvgIpc) is 3.83. The molecule has 250 valence electrons. The maximum atomic E-state index is 13.5. The Bertz CT molecular complexity index is 2410. The van der Waals surface area contributed by atoms with Crippen molar-refractivity contribution >= 4 is 23.7 Å². The number of hydrogen-bond acceptors (Lipinski definition) is 2. The first-order valence-corrected chi connectivity index (χ1v) is 17.4. The topological polar surface area (TPSA) is 51.3 Å². The Morgan fingerprint density at radius 1 is 0.500 bits per heavy atom. The summed E-state index contributed by atoms with van der Waals surface area (Å²) in [7, 11) is 0. The van der Waals surface area contributed by atoms with E-state index in [1.54, 1.807) is 6.21 Å². The largest absolute Gasteiger partial charge is 0.309 e. The van der Waals surface area contributed by atoms with Crippen molar-refractivity contribution < 1.29 is 4.79 Å². The van der Waals surface area contributed by atoms with Gasteiger partial charge in [0.05, 0.1) is 29.0 Å². The molecule has 8 aromatic rings. The van der Waals surface area contributed by atoms with Gasteiger partial charge in [-0.15, -0.1) is 0 Å². The van der Waals surface area contributed by atoms with Crippen molar-refractivity contribution in [3.8, 4) is 56.4 Å². The lowest BCUT2D eigenvalue weighted by Crippen LogP contribution is -2.17. The molecular formula is C46H33ClN4O. The van der Waals surface area contributed by atoms with Crippen LogP contribution in [0.4, 0.5) is 0 Å². The normalized spacial score (nSPS) is 11.2. The number of benzene rings is 6. The van der Waals surface area contributed by atoms with Crippen LogP contribution in [-0.2, 0) is 0 Å². The maximum Gasteiger partial charge on any atom is 0.271 e. The third-order valence-electron chi connectivity index (χ3n) is 9.01. The van der Waals surface area contributed by atoms with E-state index in [0.29, 0.717) is 10.6 Å². The van der Waals surface area contributed by atoms with Gasteiger partial charge in [0.2, 0.25) is 0 Å². The molecule has 0 unspecified atom stereocenters. The van der Waals surface area contributed by atoms with Crippen molar-refractivity contribution in [3.05, 3.63) is 204 Å². The molecule has 0 aliphatic rings. The highest BCUT2D eigenvalue weighted by Crippen LogP contribution is 2.36. The Balaban J connectivity index is 1.12. The molecule has 1 N–H and O–H groups in total. The van der Waals surface area contributed by atoms with Gasteiger partial charge in [-0.1, -0.05) is 133 Å². The van der Waals surface area contributed by atoms with Gasteiger partial charge >= 0.3 is 0 Å². The van der Waals surface area contributed by atoms with Gasteiger partial charge in [-0.25, -0.2) is 5.43 Å². The zero-order valence-electron chi connectivity index (χ0n) is 28.1. The summed E-state index contributed by atoms with van der Waals surface area (Å²) in [4.78, 5) is 13.5. The van der Waals surface area contributed by atoms with Crippen LogP contribution in [0, 0.1) is 0 Å². The lowest BCUT2D eigenvalue weighted by atomic mass is 10.1. The molecule has 2 aromatic heterocycles. The highest BCUT2D eigenvalue weighted by molar-refractivity contribution is 6.30. The molecule has 0 aliphatic heterocycles. The number of nitrogens with zero attached hydrogens (tertiary/aromatic N) is 3. The molecule has 0 aliphatic carbocycles. The quantitative estimate of drug-likeness (QED) is 0.119. The number of carbonyl (C=O) groups excluding carboxylic acids is 1. The molecule has 0 spiro atoms. The third kappa shape index (κ3) is 6.61. The van der Waals surface area contributed by atoms with E-state index in [1.165, 1.54) is 0 Å². The molecule has 5 nitrogen and oxygen atoms in total. The van der Waals surface area contributed by atoms with Crippen LogP contribution in [0.3, 0.4) is 0 Å². The molecule has 0 atom stereocenters. The average molecular weight is 693 g/mol. The lowest BCUT2D eigenvalue weighted by Gasteiger charge is -2.15. The van der Waals surface area contributed by atoms with Crippen LogP contribution >= 0.6 is 11.6 Å². The van der Waals surface area contributed by atoms with Crippen molar-refractivity contribution in [3.63, 3.8) is 0 Å². The molecule has 2 heterocycles. The predicted molar refractivity (Wildman–Crippen MR) is 213 cm³/mol. The molecule has 6 heteroatoms. The molecule has 52 heavy (non-hydrogen) atoms. The van der Waals surface area contributed by atoms with Crippen molar-refractivity contribution in [2.24, 2.45) is 5.10 Å². The van der Waals surface area contributed by atoms with Crippen molar-refractivity contribution in [2.75, 3.05) is 0 Å². The van der Waals surface area contributed by atoms with Crippen molar-refractivity contribution in [2.45, 2.75) is 0 Å². The van der Waals surface area contributed by atoms with E-state index < -0.39 is 0 Å². The first-order valence-electron chi connectivity index (χ1n) is 17.0. The Morgan fingerprint density at radius 2 is 0.942 bits per heavy atom. The van der Waals surface area contributed by atoms with Crippen molar-refractivity contribution in [1.82, 2.24) is 14.6 Å². The number of hydrogen-bond donors (Lipinski definition) is 1. The zero-order valence-corrected chi connectivity index (χ0v) is 28.9. The second kappa shape index (κ2) is 14.7. The fourth-order valence-electron chi connectivity index (χ4n) is 6.57. The first-order chi connectivity index (χ1) is 25.6. The predicted octanol–water partition coefficient (Wildman–Crippen LogP) is 11.4. The van der Waals surface area contributed by atoms with Crippen LogP contribution in [0.5, 0.6) is 0 Å². The summed E-state index contributed by atoms with van der Waals surface area (Å²) >= 11 is 6.29. The summed E-state index contributed by atoms with van der Waals surface area (Å²) in [5, 5.41) is 5.14. The number of aromatic nitrogens is 2. The first kappa shape index (κ1) is 32.5. The fourth-order valence-corrected chi connectivity index (χ4v) is 6.70. The summed E-state index contributed by atoms with van der Waals surface area (Å²) in [6.45, 7) is 0. The summed E-state index contributed by atoms with van der Waals surface area (Å²) in [5.41, 5.74) is 14.4. The summed E-state index contributed by atoms with van der Waals surface area (Å²) in [5.74, 6) is -0.302. The zero-order chi connectivity index (χ0) is 35.3. The number of halogens is 1. The van der Waals surface area contributed by atoms with E-state index in [0.717, 1.165) is 62.0 Å². The van der Waals surface area contributed by atoms with Crippen LogP contribution in [0.2, 0.25) is 5.02 Å². The second-order valence-corrected chi connectivity index (χ2v) is 12.7. The molecule has 0 saturated carbocycles. The second-order valence-electron chi connectivity index (χ2n) is 12.3. The van der Waals surface area contributed by atoms with Gasteiger partial charge in [-0.05, 0) is 89.0 Å². The molecule has 8 rings (SSSR count). The summed E-state index contributed by atoms with van der Waals surface area (Å²) in [6.07, 6.45) is 1.71. The van der Waals surface area contributed by atoms with Gasteiger partial charge in [0.25, 0.3) is 5.91 Å². The van der Waals surface area contributed by atoms with Crippen LogP contribution in [0.25, 0.3) is 56.4 Å². The molecule has 0 saturated heterocycles. The van der Waals surface area contributed by atoms with Gasteiger partial charge < -0.3 is 9.13 Å². The van der Waals surface area contributed by atoms with Gasteiger partial charge in [-0.2, -0.15) is 5.10 Å². The standard InChI is InChI=1S/C46H33ClN4O/c47-39-23-27-41(28-24-39)51-44(35-17-9-3-10-18-35)31-38(45(51)36-19-11-4-12-20-36)32-48-49-46(52)37-21-25-40(26-22-37)50-42(33-13-5-1-6-14-33)29-30-43(50)34-15-7-2-8-16-34/h1-32H,(H,49,52). The summed E-state index contributed by atoms with van der Waals surface area (Å²) < 4.78 is 4.43. The van der Waals surface area contributed by atoms with E-state index in [4.69, 9.17) is 11.6 Å². The minimum absolute atomic E-state index is 0.302. The SMILES string of the molecule is O=C(NN=Cc1cc(-c2ccccc2)n(-c2ccc(Cl)cc2)c1-c1ccccc1)c1ccc(-n2c(-c3ccccc3)ccc2-c2ccccc2)cc1.